The lowest BCUT2D eigenvalue weighted by atomic mass is 10.2. The highest BCUT2D eigenvalue weighted by Crippen LogP contribution is 2.23. The lowest BCUT2D eigenvalue weighted by Crippen LogP contribution is -2.57. The molecule has 1 fully saturated rings. The molecule has 2 rings (SSSR count). The van der Waals surface area contributed by atoms with Gasteiger partial charge in [0.05, 0.1) is 17.0 Å². The molecule has 1 N–H and O–H groups in total. The van der Waals surface area contributed by atoms with Crippen LogP contribution in [0, 0.1) is 0 Å². The largest absolute Gasteiger partial charge is 0.357 e. The number of pyridine rings is 1. The molecule has 1 aromatic heterocycles. The molecular formula is C15H24ClIN4O2S. The van der Waals surface area contributed by atoms with Crippen LogP contribution >= 0.6 is 35.6 Å². The zero-order valence-corrected chi connectivity index (χ0v) is 18.0. The van der Waals surface area contributed by atoms with Crippen molar-refractivity contribution >= 4 is 51.4 Å². The van der Waals surface area contributed by atoms with E-state index in [1.807, 2.05) is 17.9 Å². The number of aliphatic imine (C=N–C) groups is 1. The van der Waals surface area contributed by atoms with Crippen molar-refractivity contribution in [1.29, 1.82) is 0 Å². The summed E-state index contributed by atoms with van der Waals surface area (Å²) in [6, 6.07) is 3.61. The molecule has 1 aliphatic heterocycles. The van der Waals surface area contributed by atoms with Crippen LogP contribution in [0.25, 0.3) is 0 Å². The molecule has 1 aliphatic rings. The lowest BCUT2D eigenvalue weighted by Gasteiger charge is -2.39. The second kappa shape index (κ2) is 8.66. The Hall–Kier alpha value is -0.610. The number of halogens is 2. The van der Waals surface area contributed by atoms with Crippen molar-refractivity contribution < 1.29 is 8.42 Å². The van der Waals surface area contributed by atoms with Crippen molar-refractivity contribution in [1.82, 2.24) is 15.2 Å². The van der Waals surface area contributed by atoms with Crippen LogP contribution in [-0.2, 0) is 16.4 Å². The minimum Gasteiger partial charge on any atom is -0.357 e. The fraction of sp³-hybridized carbons (Fsp3) is 0.600. The minimum absolute atomic E-state index is 0. The van der Waals surface area contributed by atoms with Crippen LogP contribution in [0.3, 0.4) is 0 Å². The smallest absolute Gasteiger partial charge is 0.194 e. The molecule has 0 unspecified atom stereocenters. The van der Waals surface area contributed by atoms with E-state index >= 15 is 0 Å². The van der Waals surface area contributed by atoms with E-state index in [4.69, 9.17) is 11.6 Å². The highest BCUT2D eigenvalue weighted by molar-refractivity contribution is 14.0. The fourth-order valence-electron chi connectivity index (χ4n) is 2.42. The standard InChI is InChI=1S/C15H23ClN4O2S.HI/c1-4-17-14(19-10-12-5-6-13(16)18-9-12)20-7-8-23(21,22)15(2,3)11-20;/h5-6,9H,4,7-8,10-11H2,1-3H3,(H,17,19);1H. The summed E-state index contributed by atoms with van der Waals surface area (Å²) in [7, 11) is -3.06. The summed E-state index contributed by atoms with van der Waals surface area (Å²) >= 11 is 5.78. The SMILES string of the molecule is CCNC(=NCc1ccc(Cl)nc1)N1CCS(=O)(=O)C(C)(C)C1.I. The Morgan fingerprint density at radius 1 is 1.46 bits per heavy atom. The number of aromatic nitrogens is 1. The molecular weight excluding hydrogens is 463 g/mol. The highest BCUT2D eigenvalue weighted by atomic mass is 127. The summed E-state index contributed by atoms with van der Waals surface area (Å²) in [6.07, 6.45) is 1.69. The van der Waals surface area contributed by atoms with E-state index in [0.29, 0.717) is 24.8 Å². The molecule has 0 aromatic carbocycles. The molecule has 136 valence electrons. The molecule has 24 heavy (non-hydrogen) atoms. The molecule has 9 heteroatoms. The van der Waals surface area contributed by atoms with E-state index in [9.17, 15) is 8.42 Å². The second-order valence-electron chi connectivity index (χ2n) is 6.16. The van der Waals surface area contributed by atoms with Gasteiger partial charge in [0.1, 0.15) is 5.15 Å². The van der Waals surface area contributed by atoms with Crippen LogP contribution in [0.5, 0.6) is 0 Å². The second-order valence-corrected chi connectivity index (χ2v) is 9.29. The van der Waals surface area contributed by atoms with Crippen LogP contribution in [0.15, 0.2) is 23.3 Å². The van der Waals surface area contributed by atoms with E-state index in [1.54, 1.807) is 26.1 Å². The third-order valence-corrected chi connectivity index (χ3v) is 6.63. The van der Waals surface area contributed by atoms with Crippen LogP contribution in [-0.4, -0.2) is 54.4 Å². The fourth-order valence-corrected chi connectivity index (χ4v) is 3.89. The molecule has 2 heterocycles. The Morgan fingerprint density at radius 3 is 2.71 bits per heavy atom. The van der Waals surface area contributed by atoms with Gasteiger partial charge >= 0.3 is 0 Å². The molecule has 0 atom stereocenters. The Bertz CT molecular complexity index is 677. The van der Waals surface area contributed by atoms with Crippen LogP contribution in [0.1, 0.15) is 26.3 Å². The zero-order chi connectivity index (χ0) is 17.1. The van der Waals surface area contributed by atoms with Gasteiger partial charge in [-0.25, -0.2) is 18.4 Å². The summed E-state index contributed by atoms with van der Waals surface area (Å²) in [5.41, 5.74) is 0.952. The minimum atomic E-state index is -3.06. The number of nitrogens with one attached hydrogen (secondary N) is 1. The number of hydrogen-bond donors (Lipinski definition) is 1. The van der Waals surface area contributed by atoms with Gasteiger partial charge in [-0.15, -0.1) is 24.0 Å². The van der Waals surface area contributed by atoms with Gasteiger partial charge in [-0.3, -0.25) is 0 Å². The zero-order valence-electron chi connectivity index (χ0n) is 14.1. The van der Waals surface area contributed by atoms with Gasteiger partial charge in [0, 0.05) is 25.8 Å². The first-order valence-corrected chi connectivity index (χ1v) is 9.64. The van der Waals surface area contributed by atoms with E-state index in [0.717, 1.165) is 18.1 Å². The van der Waals surface area contributed by atoms with Gasteiger partial charge < -0.3 is 10.2 Å². The number of nitrogens with zero attached hydrogens (tertiary/aromatic N) is 3. The first-order valence-electron chi connectivity index (χ1n) is 7.61. The van der Waals surface area contributed by atoms with Gasteiger partial charge in [-0.1, -0.05) is 17.7 Å². The Morgan fingerprint density at radius 2 is 2.17 bits per heavy atom. The van der Waals surface area contributed by atoms with Crippen molar-refractivity contribution in [2.75, 3.05) is 25.4 Å². The maximum atomic E-state index is 12.1. The van der Waals surface area contributed by atoms with Crippen molar-refractivity contribution in [2.24, 2.45) is 4.99 Å². The molecule has 1 saturated heterocycles. The average Bonchev–Trinajstić information content (AvgIpc) is 2.48. The van der Waals surface area contributed by atoms with Crippen molar-refractivity contribution in [3.05, 3.63) is 29.0 Å². The summed E-state index contributed by atoms with van der Waals surface area (Å²) in [5, 5.41) is 3.69. The monoisotopic (exact) mass is 486 g/mol. The van der Waals surface area contributed by atoms with E-state index in [2.05, 4.69) is 15.3 Å². The number of hydrogen-bond acceptors (Lipinski definition) is 4. The Kier molecular flexibility index (Phi) is 7.74. The van der Waals surface area contributed by atoms with Crippen molar-refractivity contribution in [3.63, 3.8) is 0 Å². The van der Waals surface area contributed by atoms with Gasteiger partial charge in [-0.05, 0) is 32.4 Å². The quantitative estimate of drug-likeness (QED) is 0.307. The van der Waals surface area contributed by atoms with Gasteiger partial charge in [0.25, 0.3) is 0 Å². The van der Waals surface area contributed by atoms with Crippen LogP contribution in [0.4, 0.5) is 0 Å². The van der Waals surface area contributed by atoms with Gasteiger partial charge in [0.15, 0.2) is 15.8 Å². The lowest BCUT2D eigenvalue weighted by molar-refractivity contribution is 0.353. The van der Waals surface area contributed by atoms with Gasteiger partial charge in [0.2, 0.25) is 0 Å². The van der Waals surface area contributed by atoms with Crippen molar-refractivity contribution in [2.45, 2.75) is 32.1 Å². The molecule has 1 aromatic rings. The first-order chi connectivity index (χ1) is 10.7. The summed E-state index contributed by atoms with van der Waals surface area (Å²) in [6.45, 7) is 7.60. The number of guanidine groups is 1. The van der Waals surface area contributed by atoms with E-state index < -0.39 is 14.6 Å². The number of rotatable bonds is 3. The van der Waals surface area contributed by atoms with E-state index in [-0.39, 0.29) is 29.7 Å². The summed E-state index contributed by atoms with van der Waals surface area (Å²) in [4.78, 5) is 10.7. The molecule has 0 saturated carbocycles. The average molecular weight is 487 g/mol. The summed E-state index contributed by atoms with van der Waals surface area (Å²) < 4.78 is 23.5. The molecule has 6 nitrogen and oxygen atoms in total. The third-order valence-electron chi connectivity index (χ3n) is 3.88. The first kappa shape index (κ1) is 21.4. The Balaban J connectivity index is 0.00000288. The molecule has 0 spiro atoms. The molecule has 0 radical (unpaired) electrons. The maximum absolute atomic E-state index is 12.1. The molecule has 0 amide bonds. The maximum Gasteiger partial charge on any atom is 0.194 e. The topological polar surface area (TPSA) is 74.7 Å². The highest BCUT2D eigenvalue weighted by Gasteiger charge is 2.40. The predicted octanol–water partition coefficient (Wildman–Crippen LogP) is 2.33. The normalized spacial score (nSPS) is 19.5. The summed E-state index contributed by atoms with van der Waals surface area (Å²) in [5.74, 6) is 0.873. The molecule has 0 bridgehead atoms. The predicted molar refractivity (Wildman–Crippen MR) is 109 cm³/mol. The van der Waals surface area contributed by atoms with Crippen molar-refractivity contribution in [3.8, 4) is 0 Å². The Labute approximate surface area is 166 Å². The van der Waals surface area contributed by atoms with Gasteiger partial charge in [-0.2, -0.15) is 0 Å². The van der Waals surface area contributed by atoms with Crippen LogP contribution in [0.2, 0.25) is 5.15 Å². The molecule has 0 aliphatic carbocycles. The van der Waals surface area contributed by atoms with E-state index in [1.165, 1.54) is 0 Å². The van der Waals surface area contributed by atoms with Crippen LogP contribution < -0.4 is 5.32 Å². The number of sulfone groups is 1. The third kappa shape index (κ3) is 5.19.